The number of hydrogen-bond acceptors (Lipinski definition) is 6. The molecule has 1 aromatic carbocycles. The van der Waals surface area contributed by atoms with Gasteiger partial charge in [-0.3, -0.25) is 4.79 Å². The molecule has 2 fully saturated rings. The number of sulfonamides is 1. The Morgan fingerprint density at radius 1 is 1.27 bits per heavy atom. The molecule has 1 aromatic rings. The molecule has 0 aromatic heterocycles. The van der Waals surface area contributed by atoms with Crippen molar-refractivity contribution < 1.29 is 22.7 Å². The van der Waals surface area contributed by atoms with Crippen LogP contribution in [0.15, 0.2) is 23.1 Å². The molecule has 0 unspecified atom stereocenters. The predicted molar refractivity (Wildman–Crippen MR) is 95.9 cm³/mol. The van der Waals surface area contributed by atoms with E-state index in [1.54, 1.807) is 17.0 Å². The average molecular weight is 383 g/mol. The minimum absolute atomic E-state index is 0.0236. The number of amides is 1. The van der Waals surface area contributed by atoms with Gasteiger partial charge in [-0.1, -0.05) is 0 Å². The summed E-state index contributed by atoms with van der Waals surface area (Å²) in [6.45, 7) is 5.32. The van der Waals surface area contributed by atoms with Gasteiger partial charge in [-0.25, -0.2) is 8.42 Å². The summed E-state index contributed by atoms with van der Waals surface area (Å²) in [5.74, 6) is 0.0708. The Morgan fingerprint density at radius 2 is 2.00 bits per heavy atom. The molecule has 2 aliphatic heterocycles. The van der Waals surface area contributed by atoms with E-state index in [1.165, 1.54) is 17.5 Å². The molecule has 0 radical (unpaired) electrons. The van der Waals surface area contributed by atoms with Crippen LogP contribution >= 0.6 is 0 Å². The van der Waals surface area contributed by atoms with Crippen molar-refractivity contribution in [3.63, 3.8) is 0 Å². The zero-order valence-corrected chi connectivity index (χ0v) is 15.9. The Kier molecular flexibility index (Phi) is 5.81. The normalized spacial score (nSPS) is 22.2. The first-order valence-corrected chi connectivity index (χ1v) is 10.2. The third kappa shape index (κ3) is 3.71. The van der Waals surface area contributed by atoms with Gasteiger partial charge in [0, 0.05) is 44.3 Å². The number of carbonyl (C=O) groups excluding carboxylic acids is 1. The summed E-state index contributed by atoms with van der Waals surface area (Å²) in [7, 11) is -2.34. The topological polar surface area (TPSA) is 88.2 Å². The van der Waals surface area contributed by atoms with Crippen LogP contribution in [-0.4, -0.2) is 82.6 Å². The number of nitrogens with zero attached hydrogens (tertiary/aromatic N) is 2. The molecule has 2 saturated heterocycles. The van der Waals surface area contributed by atoms with Crippen molar-refractivity contribution in [1.82, 2.24) is 14.5 Å². The number of methoxy groups -OCH3 is 1. The Balaban J connectivity index is 1.95. The molecular weight excluding hydrogens is 358 g/mol. The van der Waals surface area contributed by atoms with Crippen LogP contribution in [0.25, 0.3) is 0 Å². The highest BCUT2D eigenvalue weighted by atomic mass is 32.2. The van der Waals surface area contributed by atoms with Gasteiger partial charge in [0.15, 0.2) is 0 Å². The monoisotopic (exact) mass is 383 g/mol. The molecule has 2 heterocycles. The summed E-state index contributed by atoms with van der Waals surface area (Å²) in [6.07, 6.45) is 0. The van der Waals surface area contributed by atoms with Gasteiger partial charge >= 0.3 is 0 Å². The molecule has 2 aliphatic rings. The van der Waals surface area contributed by atoms with Crippen LogP contribution in [0.3, 0.4) is 0 Å². The number of ether oxygens (including phenoxy) is 2. The lowest BCUT2D eigenvalue weighted by Crippen LogP contribution is -2.52. The molecule has 1 atom stereocenters. The smallest absolute Gasteiger partial charge is 0.254 e. The lowest BCUT2D eigenvalue weighted by atomic mass is 10.1. The quantitative estimate of drug-likeness (QED) is 0.796. The number of piperazine rings is 1. The van der Waals surface area contributed by atoms with Crippen LogP contribution in [-0.2, 0) is 14.8 Å². The second kappa shape index (κ2) is 7.91. The first-order valence-electron chi connectivity index (χ1n) is 8.73. The Labute approximate surface area is 154 Å². The minimum Gasteiger partial charge on any atom is -0.495 e. The number of benzene rings is 1. The van der Waals surface area contributed by atoms with E-state index in [-0.39, 0.29) is 22.6 Å². The zero-order chi connectivity index (χ0) is 18.7. The van der Waals surface area contributed by atoms with Crippen molar-refractivity contribution in [2.45, 2.75) is 17.9 Å². The Morgan fingerprint density at radius 3 is 2.65 bits per heavy atom. The first kappa shape index (κ1) is 19.1. The third-order valence-electron chi connectivity index (χ3n) is 4.76. The highest BCUT2D eigenvalue weighted by Crippen LogP contribution is 2.29. The number of morpholine rings is 1. The Bertz CT molecular complexity index is 762. The van der Waals surface area contributed by atoms with Crippen LogP contribution in [0.4, 0.5) is 0 Å². The van der Waals surface area contributed by atoms with E-state index in [2.05, 4.69) is 5.32 Å². The van der Waals surface area contributed by atoms with Gasteiger partial charge in [0.25, 0.3) is 5.91 Å². The van der Waals surface area contributed by atoms with E-state index in [0.717, 1.165) is 13.1 Å². The highest BCUT2D eigenvalue weighted by molar-refractivity contribution is 7.89. The second-order valence-corrected chi connectivity index (χ2v) is 8.34. The summed E-state index contributed by atoms with van der Waals surface area (Å²) in [4.78, 5) is 14.7. The van der Waals surface area contributed by atoms with Gasteiger partial charge < -0.3 is 19.7 Å². The second-order valence-electron chi connectivity index (χ2n) is 6.43. The molecular formula is C17H25N3O5S. The molecule has 144 valence electrons. The summed E-state index contributed by atoms with van der Waals surface area (Å²) < 4.78 is 37.9. The van der Waals surface area contributed by atoms with E-state index in [0.29, 0.717) is 38.4 Å². The van der Waals surface area contributed by atoms with Crippen molar-refractivity contribution in [2.24, 2.45) is 0 Å². The molecule has 8 nitrogen and oxygen atoms in total. The van der Waals surface area contributed by atoms with Crippen LogP contribution in [0, 0.1) is 0 Å². The maximum absolute atomic E-state index is 13.0. The van der Waals surface area contributed by atoms with E-state index in [9.17, 15) is 13.2 Å². The summed E-state index contributed by atoms with van der Waals surface area (Å²) in [6, 6.07) is 4.65. The van der Waals surface area contributed by atoms with Crippen molar-refractivity contribution in [3.8, 4) is 5.75 Å². The van der Waals surface area contributed by atoms with Crippen molar-refractivity contribution in [3.05, 3.63) is 23.8 Å². The molecule has 1 amide bonds. The van der Waals surface area contributed by atoms with Gasteiger partial charge in [0.2, 0.25) is 10.0 Å². The van der Waals surface area contributed by atoms with E-state index >= 15 is 0 Å². The van der Waals surface area contributed by atoms with Crippen molar-refractivity contribution in [1.29, 1.82) is 0 Å². The maximum atomic E-state index is 13.0. The molecule has 0 saturated carbocycles. The fraction of sp³-hybridized carbons (Fsp3) is 0.588. The van der Waals surface area contributed by atoms with Crippen LogP contribution in [0.1, 0.15) is 17.3 Å². The van der Waals surface area contributed by atoms with Crippen molar-refractivity contribution in [2.75, 3.05) is 53.0 Å². The van der Waals surface area contributed by atoms with E-state index < -0.39 is 10.0 Å². The fourth-order valence-corrected chi connectivity index (χ4v) is 4.84. The molecule has 0 spiro atoms. The van der Waals surface area contributed by atoms with Gasteiger partial charge in [-0.2, -0.15) is 4.31 Å². The number of rotatable bonds is 4. The van der Waals surface area contributed by atoms with Gasteiger partial charge in [-0.05, 0) is 25.1 Å². The van der Waals surface area contributed by atoms with E-state index in [1.807, 2.05) is 6.92 Å². The summed E-state index contributed by atoms with van der Waals surface area (Å²) in [5, 5.41) is 3.24. The lowest BCUT2D eigenvalue weighted by Gasteiger charge is -2.34. The van der Waals surface area contributed by atoms with Crippen molar-refractivity contribution >= 4 is 15.9 Å². The van der Waals surface area contributed by atoms with Crippen LogP contribution in [0.5, 0.6) is 5.75 Å². The summed E-state index contributed by atoms with van der Waals surface area (Å²) in [5.41, 5.74) is 0.353. The Hall–Kier alpha value is -1.68. The number of hydrogen-bond donors (Lipinski definition) is 1. The van der Waals surface area contributed by atoms with Crippen LogP contribution in [0.2, 0.25) is 0 Å². The lowest BCUT2D eigenvalue weighted by molar-refractivity contribution is 0.0655. The number of nitrogens with one attached hydrogen (secondary N) is 1. The summed E-state index contributed by atoms with van der Waals surface area (Å²) >= 11 is 0. The standard InChI is InChI=1S/C17H25N3O5S/c1-13-12-18-5-6-20(13)17(21)14-3-4-15(24-2)16(11-14)26(22,23)19-7-9-25-10-8-19/h3-4,11,13,18H,5-10,12H2,1-2H3/t13-/m1/s1. The van der Waals surface area contributed by atoms with Gasteiger partial charge in [0.1, 0.15) is 10.6 Å². The highest BCUT2D eigenvalue weighted by Gasteiger charge is 2.31. The fourth-order valence-electron chi connectivity index (χ4n) is 3.25. The minimum atomic E-state index is -3.76. The van der Waals surface area contributed by atoms with Crippen LogP contribution < -0.4 is 10.1 Å². The van der Waals surface area contributed by atoms with Gasteiger partial charge in [-0.15, -0.1) is 0 Å². The van der Waals surface area contributed by atoms with Gasteiger partial charge in [0.05, 0.1) is 20.3 Å². The predicted octanol–water partition coefficient (Wildman–Crippen LogP) is 0.150. The largest absolute Gasteiger partial charge is 0.495 e. The molecule has 0 bridgehead atoms. The average Bonchev–Trinajstić information content (AvgIpc) is 2.68. The SMILES string of the molecule is COc1ccc(C(=O)N2CCNC[C@H]2C)cc1S(=O)(=O)N1CCOCC1. The maximum Gasteiger partial charge on any atom is 0.254 e. The molecule has 1 N–H and O–H groups in total. The van der Waals surface area contributed by atoms with E-state index in [4.69, 9.17) is 9.47 Å². The number of carbonyl (C=O) groups is 1. The molecule has 9 heteroatoms. The first-order chi connectivity index (χ1) is 12.4. The molecule has 3 rings (SSSR count). The zero-order valence-electron chi connectivity index (χ0n) is 15.1. The molecule has 0 aliphatic carbocycles. The molecule has 26 heavy (non-hydrogen) atoms. The third-order valence-corrected chi connectivity index (χ3v) is 6.68.